The van der Waals surface area contributed by atoms with Crippen molar-refractivity contribution in [1.82, 2.24) is 4.98 Å². The molecule has 0 N–H and O–H groups in total. The monoisotopic (exact) mass is 219 g/mol. The fourth-order valence-electron chi connectivity index (χ4n) is 1.79. The van der Waals surface area contributed by atoms with Crippen molar-refractivity contribution in [3.63, 3.8) is 0 Å². The molecule has 1 nitrogen and oxygen atoms in total. The molecule has 1 aromatic carbocycles. The first kappa shape index (κ1) is 10.6. The van der Waals surface area contributed by atoms with Crippen LogP contribution < -0.4 is 0 Å². The van der Waals surface area contributed by atoms with Crippen molar-refractivity contribution in [2.45, 2.75) is 39.5 Å². The van der Waals surface area contributed by atoms with Crippen molar-refractivity contribution in [3.8, 4) is 0 Å². The van der Waals surface area contributed by atoms with E-state index in [0.29, 0.717) is 11.8 Å². The molecule has 0 amide bonds. The zero-order chi connectivity index (χ0) is 11.0. The highest BCUT2D eigenvalue weighted by molar-refractivity contribution is 7.16. The molecule has 2 rings (SSSR count). The lowest BCUT2D eigenvalue weighted by Gasteiger charge is -2.11. The van der Waals surface area contributed by atoms with E-state index in [9.17, 15) is 0 Å². The number of aromatic nitrogens is 1. The lowest BCUT2D eigenvalue weighted by Crippen LogP contribution is -1.94. The van der Waals surface area contributed by atoms with Crippen molar-refractivity contribution in [2.24, 2.45) is 0 Å². The maximum absolute atomic E-state index is 4.46. The van der Waals surface area contributed by atoms with E-state index in [0.717, 1.165) is 0 Å². The first-order chi connectivity index (χ1) is 7.09. The summed E-state index contributed by atoms with van der Waals surface area (Å²) in [5.74, 6) is 1.14. The molecule has 2 heteroatoms. The van der Waals surface area contributed by atoms with Gasteiger partial charge < -0.3 is 0 Å². The quantitative estimate of drug-likeness (QED) is 0.722. The highest BCUT2D eigenvalue weighted by Crippen LogP contribution is 2.31. The summed E-state index contributed by atoms with van der Waals surface area (Å²) < 4.78 is 1.32. The van der Waals surface area contributed by atoms with Gasteiger partial charge in [0, 0.05) is 0 Å². The van der Waals surface area contributed by atoms with Crippen molar-refractivity contribution in [3.05, 3.63) is 28.8 Å². The molecule has 0 fully saturated rings. The van der Waals surface area contributed by atoms with Crippen LogP contribution >= 0.6 is 11.3 Å². The molecule has 2 aromatic rings. The molecule has 0 radical (unpaired) electrons. The fourth-order valence-corrected chi connectivity index (χ4v) is 2.55. The Kier molecular flexibility index (Phi) is 2.79. The Labute approximate surface area is 95.2 Å². The van der Waals surface area contributed by atoms with E-state index in [4.69, 9.17) is 0 Å². The van der Waals surface area contributed by atoms with E-state index < -0.39 is 0 Å². The molecular weight excluding hydrogens is 202 g/mol. The van der Waals surface area contributed by atoms with Crippen molar-refractivity contribution in [2.75, 3.05) is 0 Å². The second-order valence-corrected chi connectivity index (χ2v) is 5.50. The van der Waals surface area contributed by atoms with Crippen molar-refractivity contribution >= 4 is 21.6 Å². The van der Waals surface area contributed by atoms with E-state index in [1.54, 1.807) is 11.3 Å². The summed E-state index contributed by atoms with van der Waals surface area (Å²) in [5, 5.41) is 0. The van der Waals surface area contributed by atoms with Gasteiger partial charge in [-0.3, -0.25) is 0 Å². The van der Waals surface area contributed by atoms with Gasteiger partial charge in [0.2, 0.25) is 0 Å². The van der Waals surface area contributed by atoms with Crippen molar-refractivity contribution in [1.29, 1.82) is 0 Å². The van der Waals surface area contributed by atoms with Gasteiger partial charge in [0.1, 0.15) is 0 Å². The molecule has 0 saturated carbocycles. The van der Waals surface area contributed by atoms with E-state index in [-0.39, 0.29) is 0 Å². The second kappa shape index (κ2) is 3.93. The molecule has 0 bridgehead atoms. The zero-order valence-electron chi connectivity index (χ0n) is 9.74. The van der Waals surface area contributed by atoms with Gasteiger partial charge in [0.25, 0.3) is 0 Å². The number of thiazole rings is 1. The summed E-state index contributed by atoms with van der Waals surface area (Å²) >= 11 is 1.74. The lowest BCUT2D eigenvalue weighted by molar-refractivity contribution is 0.840. The molecule has 0 aliphatic rings. The minimum absolute atomic E-state index is 0.549. The van der Waals surface area contributed by atoms with Crippen LogP contribution in [0.2, 0.25) is 0 Å². The minimum atomic E-state index is 0.549. The average molecular weight is 219 g/mol. The van der Waals surface area contributed by atoms with Gasteiger partial charge in [-0.25, -0.2) is 4.98 Å². The molecule has 0 spiro atoms. The molecular formula is C13H17NS. The van der Waals surface area contributed by atoms with Crippen LogP contribution in [0.4, 0.5) is 0 Å². The topological polar surface area (TPSA) is 12.9 Å². The maximum Gasteiger partial charge on any atom is 0.0846 e. The highest BCUT2D eigenvalue weighted by Gasteiger charge is 2.11. The summed E-state index contributed by atoms with van der Waals surface area (Å²) in [6.07, 6.45) is 0. The summed E-state index contributed by atoms with van der Waals surface area (Å²) in [7, 11) is 0. The third-order valence-corrected chi connectivity index (χ3v) is 3.55. The summed E-state index contributed by atoms with van der Waals surface area (Å²) in [5.41, 5.74) is 5.95. The number of benzene rings is 1. The normalized spacial score (nSPS) is 11.9. The van der Waals surface area contributed by atoms with Gasteiger partial charge >= 0.3 is 0 Å². The Balaban J connectivity index is 2.69. The van der Waals surface area contributed by atoms with Gasteiger partial charge in [-0.1, -0.05) is 33.8 Å². The molecule has 0 unspecified atom stereocenters. The maximum atomic E-state index is 4.46. The first-order valence-corrected chi connectivity index (χ1v) is 6.34. The molecule has 0 aliphatic carbocycles. The van der Waals surface area contributed by atoms with Crippen LogP contribution in [-0.4, -0.2) is 4.98 Å². The predicted molar refractivity (Wildman–Crippen MR) is 67.8 cm³/mol. The van der Waals surface area contributed by atoms with Crippen LogP contribution in [0.25, 0.3) is 10.2 Å². The third-order valence-electron chi connectivity index (χ3n) is 2.78. The van der Waals surface area contributed by atoms with E-state index in [2.05, 4.69) is 44.8 Å². The molecule has 0 aliphatic heterocycles. The van der Waals surface area contributed by atoms with Crippen molar-refractivity contribution < 1.29 is 0 Å². The van der Waals surface area contributed by atoms with Gasteiger partial charge in [0.15, 0.2) is 0 Å². The largest absolute Gasteiger partial charge is 0.244 e. The number of nitrogens with zero attached hydrogens (tertiary/aromatic N) is 1. The predicted octanol–water partition coefficient (Wildman–Crippen LogP) is 4.54. The lowest BCUT2D eigenvalue weighted by atomic mass is 9.95. The highest BCUT2D eigenvalue weighted by atomic mass is 32.1. The van der Waals surface area contributed by atoms with Gasteiger partial charge in [-0.2, -0.15) is 0 Å². The average Bonchev–Trinajstić information content (AvgIpc) is 2.62. The fraction of sp³-hybridized carbons (Fsp3) is 0.462. The minimum Gasteiger partial charge on any atom is -0.244 e. The van der Waals surface area contributed by atoms with E-state index in [1.165, 1.54) is 21.3 Å². The third kappa shape index (κ3) is 1.91. The molecule has 80 valence electrons. The smallest absolute Gasteiger partial charge is 0.0846 e. The standard InChI is InChI=1S/C13H17NS/c1-8(2)10-5-11(9(3)4)13-12(6-10)15-7-14-13/h5-9H,1-4H3. The molecule has 0 saturated heterocycles. The summed E-state index contributed by atoms with van der Waals surface area (Å²) in [6, 6.07) is 4.60. The molecule has 0 atom stereocenters. The Morgan fingerprint density at radius 3 is 2.40 bits per heavy atom. The van der Waals surface area contributed by atoms with Gasteiger partial charge in [-0.05, 0) is 29.0 Å². The summed E-state index contributed by atoms with van der Waals surface area (Å²) in [4.78, 5) is 4.46. The van der Waals surface area contributed by atoms with Crippen LogP contribution in [0.15, 0.2) is 17.6 Å². The Hall–Kier alpha value is -0.890. The number of hydrogen-bond acceptors (Lipinski definition) is 2. The molecule has 15 heavy (non-hydrogen) atoms. The van der Waals surface area contributed by atoms with Crippen LogP contribution in [0.5, 0.6) is 0 Å². The SMILES string of the molecule is CC(C)c1cc(C(C)C)c2ncsc2c1. The van der Waals surface area contributed by atoms with Crippen LogP contribution in [0, 0.1) is 0 Å². The first-order valence-electron chi connectivity index (χ1n) is 5.46. The Morgan fingerprint density at radius 2 is 1.80 bits per heavy atom. The second-order valence-electron chi connectivity index (χ2n) is 4.62. The van der Waals surface area contributed by atoms with Crippen LogP contribution in [0.1, 0.15) is 50.7 Å². The van der Waals surface area contributed by atoms with E-state index >= 15 is 0 Å². The summed E-state index contributed by atoms with van der Waals surface area (Å²) in [6.45, 7) is 8.95. The Bertz CT molecular complexity index is 468. The zero-order valence-corrected chi connectivity index (χ0v) is 10.6. The molecule has 1 heterocycles. The van der Waals surface area contributed by atoms with E-state index in [1.807, 2.05) is 5.51 Å². The number of rotatable bonds is 2. The Morgan fingerprint density at radius 1 is 1.07 bits per heavy atom. The van der Waals surface area contributed by atoms with Crippen LogP contribution in [0.3, 0.4) is 0 Å². The molecule has 1 aromatic heterocycles. The van der Waals surface area contributed by atoms with Gasteiger partial charge in [0.05, 0.1) is 15.7 Å². The van der Waals surface area contributed by atoms with Gasteiger partial charge in [-0.15, -0.1) is 11.3 Å². The number of hydrogen-bond donors (Lipinski definition) is 0. The van der Waals surface area contributed by atoms with Crippen LogP contribution in [-0.2, 0) is 0 Å². The number of fused-ring (bicyclic) bond motifs is 1.